The van der Waals surface area contributed by atoms with Crippen LogP contribution in [0.5, 0.6) is 0 Å². The van der Waals surface area contributed by atoms with Crippen LogP contribution in [0.2, 0.25) is 0 Å². The highest BCUT2D eigenvalue weighted by Crippen LogP contribution is 2.30. The molecule has 12 unspecified atom stereocenters. The number of aliphatic hydroxyl groups excluding tert-OH is 8. The van der Waals surface area contributed by atoms with Gasteiger partial charge in [-0.05, 0) is 70.6 Å². The Hall–Kier alpha value is -2.31. The molecule has 9 N–H and O–H groups in total. The highest BCUT2D eigenvalue weighted by atomic mass is 16.7. The van der Waals surface area contributed by atoms with Gasteiger partial charge in [0, 0.05) is 6.42 Å². The average molecular weight is 1270 g/mol. The summed E-state index contributed by atoms with van der Waals surface area (Å²) in [5.74, 6) is -0.249. The summed E-state index contributed by atoms with van der Waals surface area (Å²) in [6.07, 6.45) is 64.3. The molecule has 0 aromatic rings. The standard InChI is InChI=1S/C76H139NO13/c1-3-5-7-9-11-13-15-17-19-21-23-25-27-29-31-32-34-35-37-39-41-43-45-47-49-51-53-55-57-59-65(80)64(63-87-75-73(86)71(84)74(67(62-79)89-75)90-76-72(85)70(83)69(82)66(61-78)88-76)77-68(81)60-58-56-54-52-50-48-46-44-42-40-38-36-33-30-28-26-24-22-20-18-16-14-12-10-8-6-4-2/h16,18,22,24,28,30,49,51,57,59,64-67,69-76,78-80,82-86H,3-15,17,19-21,23,25-27,29,31-48,50,52-56,58,60-63H2,1-2H3,(H,77,81)/b18-16-,24-22-,30-28-,51-49+,59-57+. The van der Waals surface area contributed by atoms with Crippen LogP contribution in [0.3, 0.4) is 0 Å². The monoisotopic (exact) mass is 1270 g/mol. The van der Waals surface area contributed by atoms with E-state index in [0.717, 1.165) is 44.9 Å². The van der Waals surface area contributed by atoms with Crippen molar-refractivity contribution in [2.24, 2.45) is 0 Å². The fourth-order valence-corrected chi connectivity index (χ4v) is 12.2. The molecule has 14 heteroatoms. The Morgan fingerprint density at radius 1 is 0.400 bits per heavy atom. The first kappa shape index (κ1) is 83.8. The molecule has 2 aliphatic rings. The lowest BCUT2D eigenvalue weighted by Crippen LogP contribution is -2.65. The van der Waals surface area contributed by atoms with Gasteiger partial charge in [0.1, 0.15) is 48.8 Å². The van der Waals surface area contributed by atoms with Gasteiger partial charge in [0.15, 0.2) is 12.6 Å². The third-order valence-corrected chi connectivity index (χ3v) is 18.2. The first-order chi connectivity index (χ1) is 44.1. The molecule has 0 aromatic heterocycles. The second kappa shape index (κ2) is 60.4. The predicted molar refractivity (Wildman–Crippen MR) is 369 cm³/mol. The van der Waals surface area contributed by atoms with Gasteiger partial charge in [0.2, 0.25) is 5.91 Å². The van der Waals surface area contributed by atoms with Gasteiger partial charge < -0.3 is 65.1 Å². The van der Waals surface area contributed by atoms with Crippen molar-refractivity contribution in [3.05, 3.63) is 60.8 Å². The van der Waals surface area contributed by atoms with Crippen LogP contribution in [0.15, 0.2) is 60.8 Å². The minimum atomic E-state index is -1.79. The number of ether oxygens (including phenoxy) is 4. The Morgan fingerprint density at radius 3 is 1.17 bits per heavy atom. The van der Waals surface area contributed by atoms with Crippen LogP contribution >= 0.6 is 0 Å². The van der Waals surface area contributed by atoms with E-state index in [-0.39, 0.29) is 18.9 Å². The summed E-state index contributed by atoms with van der Waals surface area (Å²) >= 11 is 0. The van der Waals surface area contributed by atoms with E-state index >= 15 is 0 Å². The van der Waals surface area contributed by atoms with Crippen LogP contribution in [-0.4, -0.2) is 140 Å². The topological polar surface area (TPSA) is 228 Å². The fourth-order valence-electron chi connectivity index (χ4n) is 12.2. The highest BCUT2D eigenvalue weighted by molar-refractivity contribution is 5.76. The zero-order chi connectivity index (χ0) is 65.2. The van der Waals surface area contributed by atoms with E-state index in [1.165, 1.54) is 244 Å². The van der Waals surface area contributed by atoms with E-state index in [1.807, 2.05) is 6.08 Å². The Labute approximate surface area is 549 Å². The lowest BCUT2D eigenvalue weighted by Gasteiger charge is -2.46. The van der Waals surface area contributed by atoms with E-state index in [2.05, 4.69) is 67.8 Å². The summed E-state index contributed by atoms with van der Waals surface area (Å²) in [7, 11) is 0. The highest BCUT2D eigenvalue weighted by Gasteiger charge is 2.51. The second-order valence-electron chi connectivity index (χ2n) is 26.4. The number of amides is 1. The maximum atomic E-state index is 13.4. The van der Waals surface area contributed by atoms with Gasteiger partial charge in [0.25, 0.3) is 0 Å². The Balaban J connectivity index is 1.67. The third kappa shape index (κ3) is 43.6. The number of hydrogen-bond acceptors (Lipinski definition) is 13. The van der Waals surface area contributed by atoms with Crippen molar-refractivity contribution in [2.45, 2.75) is 396 Å². The summed E-state index contributed by atoms with van der Waals surface area (Å²) in [5, 5.41) is 87.5. The van der Waals surface area contributed by atoms with E-state index in [1.54, 1.807) is 6.08 Å². The number of nitrogens with one attached hydrogen (secondary N) is 1. The summed E-state index contributed by atoms with van der Waals surface area (Å²) in [4.78, 5) is 13.4. The Kier molecular flexibility index (Phi) is 56.2. The number of carbonyl (C=O) groups is 1. The van der Waals surface area contributed by atoms with Crippen LogP contribution in [-0.2, 0) is 23.7 Å². The van der Waals surface area contributed by atoms with Crippen LogP contribution in [0.25, 0.3) is 0 Å². The van der Waals surface area contributed by atoms with Crippen LogP contribution < -0.4 is 5.32 Å². The first-order valence-corrected chi connectivity index (χ1v) is 37.5. The van der Waals surface area contributed by atoms with Crippen LogP contribution in [0.1, 0.15) is 322 Å². The van der Waals surface area contributed by atoms with Crippen LogP contribution in [0, 0.1) is 0 Å². The zero-order valence-corrected chi connectivity index (χ0v) is 57.4. The average Bonchev–Trinajstić information content (AvgIpc) is 1.41. The molecule has 0 aliphatic carbocycles. The SMILES string of the molecule is CCCCCCC/C=C\C/C=C\C/C=C\CCCCCCCCCCCCCCC(=O)NC(COC1OC(CO)C(OC2OC(CO)C(O)C(O)C2O)C(O)C1O)C(O)/C=C/CC/C=C/CCCCCCCCCCCCCCCCCCCCCCCCC. The summed E-state index contributed by atoms with van der Waals surface area (Å²) in [6.45, 7) is 2.81. The van der Waals surface area contributed by atoms with Crippen molar-refractivity contribution in [3.8, 4) is 0 Å². The molecule has 90 heavy (non-hydrogen) atoms. The molecule has 526 valence electrons. The molecule has 0 radical (unpaired) electrons. The number of rotatable bonds is 62. The molecule has 14 nitrogen and oxygen atoms in total. The molecule has 0 aromatic carbocycles. The Morgan fingerprint density at radius 2 is 0.744 bits per heavy atom. The van der Waals surface area contributed by atoms with Gasteiger partial charge in [0.05, 0.1) is 32.0 Å². The predicted octanol–water partition coefficient (Wildman–Crippen LogP) is 16.0. The van der Waals surface area contributed by atoms with Gasteiger partial charge >= 0.3 is 0 Å². The number of unbranched alkanes of at least 4 members (excludes halogenated alkanes) is 41. The van der Waals surface area contributed by atoms with E-state index in [4.69, 9.17) is 18.9 Å². The normalized spacial score (nSPS) is 23.2. The lowest BCUT2D eigenvalue weighted by molar-refractivity contribution is -0.359. The summed E-state index contributed by atoms with van der Waals surface area (Å²) in [5.41, 5.74) is 0. The summed E-state index contributed by atoms with van der Waals surface area (Å²) in [6, 6.07) is -0.937. The fraction of sp³-hybridized carbons (Fsp3) is 0.855. The van der Waals surface area contributed by atoms with Crippen molar-refractivity contribution in [1.82, 2.24) is 5.32 Å². The molecule has 2 rings (SSSR count). The van der Waals surface area contributed by atoms with E-state index < -0.39 is 86.8 Å². The Bertz CT molecular complexity index is 1740. The summed E-state index contributed by atoms with van der Waals surface area (Å²) < 4.78 is 22.9. The van der Waals surface area contributed by atoms with Gasteiger partial charge in [-0.15, -0.1) is 0 Å². The smallest absolute Gasteiger partial charge is 0.220 e. The zero-order valence-electron chi connectivity index (χ0n) is 57.4. The first-order valence-electron chi connectivity index (χ1n) is 37.5. The molecule has 0 bridgehead atoms. The van der Waals surface area contributed by atoms with Gasteiger partial charge in [-0.25, -0.2) is 0 Å². The quantitative estimate of drug-likeness (QED) is 0.0204. The molecule has 2 saturated heterocycles. The van der Waals surface area contributed by atoms with Gasteiger partial charge in [-0.3, -0.25) is 4.79 Å². The van der Waals surface area contributed by atoms with Crippen molar-refractivity contribution >= 4 is 5.91 Å². The molecule has 12 atom stereocenters. The van der Waals surface area contributed by atoms with E-state index in [0.29, 0.717) is 12.8 Å². The molecule has 2 heterocycles. The molecule has 2 fully saturated rings. The molecule has 0 saturated carbocycles. The maximum Gasteiger partial charge on any atom is 0.220 e. The molecule has 1 amide bonds. The number of aliphatic hydroxyl groups is 8. The van der Waals surface area contributed by atoms with Crippen molar-refractivity contribution in [1.29, 1.82) is 0 Å². The maximum absolute atomic E-state index is 13.4. The minimum Gasteiger partial charge on any atom is -0.394 e. The second-order valence-corrected chi connectivity index (χ2v) is 26.4. The van der Waals surface area contributed by atoms with Crippen molar-refractivity contribution < 1.29 is 64.6 Å². The van der Waals surface area contributed by atoms with Crippen molar-refractivity contribution in [3.63, 3.8) is 0 Å². The molecule has 2 aliphatic heterocycles. The third-order valence-electron chi connectivity index (χ3n) is 18.2. The largest absolute Gasteiger partial charge is 0.394 e. The molecular weight excluding hydrogens is 1130 g/mol. The van der Waals surface area contributed by atoms with Gasteiger partial charge in [-0.1, -0.05) is 306 Å². The number of hydrogen-bond donors (Lipinski definition) is 9. The van der Waals surface area contributed by atoms with E-state index in [9.17, 15) is 45.6 Å². The number of carbonyl (C=O) groups excluding carboxylic acids is 1. The minimum absolute atomic E-state index is 0.249. The number of allylic oxidation sites excluding steroid dienone is 9. The van der Waals surface area contributed by atoms with Crippen LogP contribution in [0.4, 0.5) is 0 Å². The molecule has 0 spiro atoms. The van der Waals surface area contributed by atoms with Gasteiger partial charge in [-0.2, -0.15) is 0 Å². The van der Waals surface area contributed by atoms with Crippen molar-refractivity contribution in [2.75, 3.05) is 19.8 Å². The molecular formula is C76H139NO13. The lowest BCUT2D eigenvalue weighted by atomic mass is 9.97.